The van der Waals surface area contributed by atoms with Gasteiger partial charge in [0.05, 0.1) is 28.4 Å². The van der Waals surface area contributed by atoms with E-state index in [2.05, 4.69) is 25.4 Å². The number of benzene rings is 1. The predicted octanol–water partition coefficient (Wildman–Crippen LogP) is 3.28. The molecule has 0 atom stereocenters. The molecule has 122 valence electrons. The third kappa shape index (κ3) is 2.30. The number of aryl methyl sites for hydroxylation is 1. The van der Waals surface area contributed by atoms with Crippen LogP contribution in [0.25, 0.3) is 32.2 Å². The molecule has 0 saturated carbocycles. The lowest BCUT2D eigenvalue weighted by molar-refractivity contribution is 0.281. The van der Waals surface area contributed by atoms with Crippen LogP contribution in [-0.4, -0.2) is 30.5 Å². The quantitative estimate of drug-likeness (QED) is 0.582. The molecule has 24 heavy (non-hydrogen) atoms. The molecule has 0 amide bonds. The zero-order valence-corrected chi connectivity index (χ0v) is 13.8. The van der Waals surface area contributed by atoms with Crippen molar-refractivity contribution in [2.45, 2.75) is 13.5 Å². The summed E-state index contributed by atoms with van der Waals surface area (Å²) in [6, 6.07) is 1.08. The molecule has 4 aromatic rings. The van der Waals surface area contributed by atoms with E-state index in [0.29, 0.717) is 15.7 Å². The van der Waals surface area contributed by atoms with Gasteiger partial charge in [-0.2, -0.15) is 0 Å². The number of aromatic nitrogens is 5. The SMILES string of the molecule is Cc1nc(CO)sc1-c1csc(-c2cc(F)c3[nH]nnc3c2F)n1. The molecule has 3 heterocycles. The van der Waals surface area contributed by atoms with E-state index in [0.717, 1.165) is 16.6 Å². The maximum Gasteiger partial charge on any atom is 0.163 e. The highest BCUT2D eigenvalue weighted by Crippen LogP contribution is 2.36. The summed E-state index contributed by atoms with van der Waals surface area (Å²) >= 11 is 2.52. The van der Waals surface area contributed by atoms with E-state index in [1.807, 2.05) is 6.92 Å². The molecule has 0 aliphatic carbocycles. The van der Waals surface area contributed by atoms with Gasteiger partial charge in [-0.25, -0.2) is 18.7 Å². The van der Waals surface area contributed by atoms with Gasteiger partial charge in [0.1, 0.15) is 15.5 Å². The molecule has 0 unspecified atom stereocenters. The second-order valence-corrected chi connectivity index (χ2v) is 6.92. The highest BCUT2D eigenvalue weighted by atomic mass is 32.1. The van der Waals surface area contributed by atoms with E-state index in [-0.39, 0.29) is 23.2 Å². The van der Waals surface area contributed by atoms with Crippen LogP contribution in [0.2, 0.25) is 0 Å². The summed E-state index contributed by atoms with van der Waals surface area (Å²) < 4.78 is 28.6. The largest absolute Gasteiger partial charge is 0.389 e. The minimum Gasteiger partial charge on any atom is -0.389 e. The van der Waals surface area contributed by atoms with Crippen LogP contribution in [-0.2, 0) is 6.61 Å². The first kappa shape index (κ1) is 15.2. The van der Waals surface area contributed by atoms with Crippen LogP contribution in [0.15, 0.2) is 11.4 Å². The molecule has 10 heteroatoms. The van der Waals surface area contributed by atoms with Gasteiger partial charge in [-0.15, -0.1) is 27.8 Å². The molecule has 6 nitrogen and oxygen atoms in total. The van der Waals surface area contributed by atoms with Crippen molar-refractivity contribution < 1.29 is 13.9 Å². The average molecular weight is 365 g/mol. The van der Waals surface area contributed by atoms with Crippen LogP contribution in [0, 0.1) is 18.6 Å². The first-order chi connectivity index (χ1) is 11.6. The van der Waals surface area contributed by atoms with Gasteiger partial charge in [0.15, 0.2) is 17.2 Å². The number of nitrogens with zero attached hydrogens (tertiary/aromatic N) is 4. The van der Waals surface area contributed by atoms with Crippen molar-refractivity contribution in [2.24, 2.45) is 0 Å². The number of hydrogen-bond acceptors (Lipinski definition) is 7. The first-order valence-electron chi connectivity index (χ1n) is 6.80. The molecule has 2 N–H and O–H groups in total. The molecule has 0 aliphatic heterocycles. The van der Waals surface area contributed by atoms with E-state index in [1.54, 1.807) is 5.38 Å². The Balaban J connectivity index is 1.83. The highest BCUT2D eigenvalue weighted by molar-refractivity contribution is 7.16. The molecular weight excluding hydrogens is 356 g/mol. The Morgan fingerprint density at radius 3 is 2.88 bits per heavy atom. The summed E-state index contributed by atoms with van der Waals surface area (Å²) in [5, 5.41) is 21.2. The average Bonchev–Trinajstić information content (AvgIpc) is 3.29. The van der Waals surface area contributed by atoms with Crippen molar-refractivity contribution in [3.63, 3.8) is 0 Å². The van der Waals surface area contributed by atoms with E-state index >= 15 is 0 Å². The first-order valence-corrected chi connectivity index (χ1v) is 8.50. The Kier molecular flexibility index (Phi) is 3.59. The number of fused-ring (bicyclic) bond motifs is 1. The Hall–Kier alpha value is -2.30. The Bertz CT molecular complexity index is 1050. The topological polar surface area (TPSA) is 87.6 Å². The summed E-state index contributed by atoms with van der Waals surface area (Å²) in [7, 11) is 0. The summed E-state index contributed by atoms with van der Waals surface area (Å²) in [4.78, 5) is 9.42. The number of thiazole rings is 2. The number of aliphatic hydroxyl groups is 1. The molecule has 3 aromatic heterocycles. The molecule has 0 saturated heterocycles. The van der Waals surface area contributed by atoms with Crippen molar-refractivity contribution in [3.05, 3.63) is 33.8 Å². The van der Waals surface area contributed by atoms with Crippen molar-refractivity contribution in [1.82, 2.24) is 25.4 Å². The number of H-pyrrole nitrogens is 1. The molecule has 1 aromatic carbocycles. The van der Waals surface area contributed by atoms with E-state index < -0.39 is 11.6 Å². The van der Waals surface area contributed by atoms with Crippen molar-refractivity contribution in [1.29, 1.82) is 0 Å². The van der Waals surface area contributed by atoms with Gasteiger partial charge in [-0.05, 0) is 13.0 Å². The molecule has 0 spiro atoms. The maximum atomic E-state index is 14.6. The van der Waals surface area contributed by atoms with Gasteiger partial charge < -0.3 is 5.11 Å². The lowest BCUT2D eigenvalue weighted by atomic mass is 10.2. The monoisotopic (exact) mass is 365 g/mol. The lowest BCUT2D eigenvalue weighted by Crippen LogP contribution is -1.90. The van der Waals surface area contributed by atoms with Crippen molar-refractivity contribution in [2.75, 3.05) is 0 Å². The van der Waals surface area contributed by atoms with Crippen molar-refractivity contribution in [3.8, 4) is 21.1 Å². The number of hydrogen-bond donors (Lipinski definition) is 2. The van der Waals surface area contributed by atoms with Crippen LogP contribution < -0.4 is 0 Å². The second-order valence-electron chi connectivity index (χ2n) is 4.97. The number of halogens is 2. The van der Waals surface area contributed by atoms with Crippen LogP contribution >= 0.6 is 22.7 Å². The zero-order valence-electron chi connectivity index (χ0n) is 12.2. The van der Waals surface area contributed by atoms with Gasteiger partial charge in [-0.3, -0.25) is 5.10 Å². The van der Waals surface area contributed by atoms with E-state index in [9.17, 15) is 13.9 Å². The summed E-state index contributed by atoms with van der Waals surface area (Å²) in [5.74, 6) is -1.31. The van der Waals surface area contributed by atoms with E-state index in [4.69, 9.17) is 0 Å². The molecular formula is C14H9F2N5OS2. The number of rotatable bonds is 3. The van der Waals surface area contributed by atoms with Crippen LogP contribution in [0.4, 0.5) is 8.78 Å². The van der Waals surface area contributed by atoms with Gasteiger partial charge >= 0.3 is 0 Å². The van der Waals surface area contributed by atoms with Gasteiger partial charge in [0, 0.05) is 5.38 Å². The normalized spacial score (nSPS) is 11.5. The fourth-order valence-corrected chi connectivity index (χ4v) is 4.13. The van der Waals surface area contributed by atoms with Gasteiger partial charge in [-0.1, -0.05) is 5.21 Å². The predicted molar refractivity (Wildman–Crippen MR) is 86.7 cm³/mol. The minimum atomic E-state index is -0.668. The molecule has 0 radical (unpaired) electrons. The Morgan fingerprint density at radius 2 is 2.12 bits per heavy atom. The smallest absolute Gasteiger partial charge is 0.163 e. The Labute approximate surface area is 141 Å². The number of aromatic amines is 1. The minimum absolute atomic E-state index is 0.0368. The van der Waals surface area contributed by atoms with Gasteiger partial charge in [0.2, 0.25) is 0 Å². The molecule has 0 bridgehead atoms. The third-order valence-corrected chi connectivity index (χ3v) is 5.49. The maximum absolute atomic E-state index is 14.6. The molecule has 4 rings (SSSR count). The number of nitrogens with one attached hydrogen (secondary N) is 1. The van der Waals surface area contributed by atoms with Gasteiger partial charge in [0.25, 0.3) is 0 Å². The lowest BCUT2D eigenvalue weighted by Gasteiger charge is -2.00. The standard InChI is InChI=1S/C14H9F2N5OS2/c1-5-13(24-9(3-22)17-5)8-4-23-14(18-8)6-2-7(15)11-12(10(6)16)20-21-19-11/h2,4,22H,3H2,1H3,(H,19,20,21). The van der Waals surface area contributed by atoms with E-state index in [1.165, 1.54) is 22.7 Å². The Morgan fingerprint density at radius 1 is 1.29 bits per heavy atom. The second kappa shape index (κ2) is 5.65. The zero-order chi connectivity index (χ0) is 16.8. The van der Waals surface area contributed by atoms with Crippen molar-refractivity contribution >= 4 is 33.7 Å². The molecule has 0 fully saturated rings. The van der Waals surface area contributed by atoms with Crippen LogP contribution in [0.1, 0.15) is 10.7 Å². The fraction of sp³-hybridized carbons (Fsp3) is 0.143. The summed E-state index contributed by atoms with van der Waals surface area (Å²) in [5.41, 5.74) is 1.16. The summed E-state index contributed by atoms with van der Waals surface area (Å²) in [6.45, 7) is 1.66. The van der Waals surface area contributed by atoms with Crippen LogP contribution in [0.3, 0.4) is 0 Å². The summed E-state index contributed by atoms with van der Waals surface area (Å²) in [6.07, 6.45) is 0. The molecule has 0 aliphatic rings. The fourth-order valence-electron chi connectivity index (χ4n) is 2.35. The number of aliphatic hydroxyl groups excluding tert-OH is 1. The highest BCUT2D eigenvalue weighted by Gasteiger charge is 2.20. The van der Waals surface area contributed by atoms with Crippen LogP contribution in [0.5, 0.6) is 0 Å². The third-order valence-electron chi connectivity index (χ3n) is 3.45.